The van der Waals surface area contributed by atoms with E-state index in [-0.39, 0.29) is 0 Å². The first kappa shape index (κ1) is 11.4. The van der Waals surface area contributed by atoms with Gasteiger partial charge in [0.25, 0.3) is 6.01 Å². The molecule has 0 saturated carbocycles. The lowest BCUT2D eigenvalue weighted by Gasteiger charge is -1.98. The van der Waals surface area contributed by atoms with Crippen LogP contribution in [-0.2, 0) is 16.0 Å². The highest BCUT2D eigenvalue weighted by Crippen LogP contribution is 2.06. The Morgan fingerprint density at radius 2 is 2.07 bits per heavy atom. The summed E-state index contributed by atoms with van der Waals surface area (Å²) in [4.78, 5) is 10.4. The molecule has 3 heteroatoms. The van der Waals surface area contributed by atoms with Crippen LogP contribution in [0.4, 0.5) is 4.39 Å². The largest absolute Gasteiger partial charge is 0.399 e. The van der Waals surface area contributed by atoms with Gasteiger partial charge in [-0.25, -0.2) is 0 Å². The molecule has 0 spiro atoms. The van der Waals surface area contributed by atoms with E-state index in [1.807, 2.05) is 30.3 Å². The Morgan fingerprint density at radius 1 is 1.40 bits per heavy atom. The van der Waals surface area contributed by atoms with Crippen molar-refractivity contribution in [3.8, 4) is 0 Å². The Balaban J connectivity index is 2.35. The summed E-state index contributed by atoms with van der Waals surface area (Å²) in [5.41, 5.74) is 1.13. The summed E-state index contributed by atoms with van der Waals surface area (Å²) in [7, 11) is 0. The monoisotopic (exact) mass is 208 g/mol. The van der Waals surface area contributed by atoms with Gasteiger partial charge in [-0.2, -0.15) is 4.39 Å². The molecule has 0 unspecified atom stereocenters. The van der Waals surface area contributed by atoms with E-state index in [1.54, 1.807) is 0 Å². The molecule has 0 saturated heterocycles. The maximum Gasteiger partial charge on any atom is 0.309 e. The van der Waals surface area contributed by atoms with Gasteiger partial charge in [-0.3, -0.25) is 4.79 Å². The van der Waals surface area contributed by atoms with Crippen LogP contribution in [-0.4, -0.2) is 5.97 Å². The van der Waals surface area contributed by atoms with Gasteiger partial charge in [0.2, 0.25) is 0 Å². The first-order valence-electron chi connectivity index (χ1n) is 4.76. The van der Waals surface area contributed by atoms with Crippen LogP contribution in [0.15, 0.2) is 42.4 Å². The fourth-order valence-corrected chi connectivity index (χ4v) is 1.18. The Hall–Kier alpha value is -1.64. The normalized spacial score (nSPS) is 11.2. The van der Waals surface area contributed by atoms with E-state index in [0.717, 1.165) is 12.0 Å². The minimum absolute atomic E-state index is 0.517. The number of hydrogen-bond donors (Lipinski definition) is 0. The van der Waals surface area contributed by atoms with Gasteiger partial charge in [-0.05, 0) is 24.5 Å². The van der Waals surface area contributed by atoms with Gasteiger partial charge in [0.05, 0.1) is 0 Å². The molecule has 0 heterocycles. The predicted molar refractivity (Wildman–Crippen MR) is 55.7 cm³/mol. The fourth-order valence-electron chi connectivity index (χ4n) is 1.18. The first-order chi connectivity index (χ1) is 7.18. The lowest BCUT2D eigenvalue weighted by molar-refractivity contribution is -0.138. The summed E-state index contributed by atoms with van der Waals surface area (Å²) < 4.78 is 17.0. The van der Waals surface area contributed by atoms with Crippen molar-refractivity contribution in [1.82, 2.24) is 0 Å². The van der Waals surface area contributed by atoms with Gasteiger partial charge in [-0.15, -0.1) is 0 Å². The fraction of sp³-hybridized carbons (Fsp3) is 0.250. The van der Waals surface area contributed by atoms with Gasteiger partial charge < -0.3 is 4.74 Å². The summed E-state index contributed by atoms with van der Waals surface area (Å²) in [5, 5.41) is 0. The van der Waals surface area contributed by atoms with Crippen LogP contribution in [0.1, 0.15) is 18.9 Å². The smallest absolute Gasteiger partial charge is 0.309 e. The minimum atomic E-state index is -0.821. The number of hydrogen-bond acceptors (Lipinski definition) is 2. The van der Waals surface area contributed by atoms with Crippen LogP contribution >= 0.6 is 0 Å². The van der Waals surface area contributed by atoms with Crippen molar-refractivity contribution >= 4 is 5.97 Å². The summed E-state index contributed by atoms with van der Waals surface area (Å²) in [6.45, 7) is 1.17. The van der Waals surface area contributed by atoms with Crippen LogP contribution in [0.25, 0.3) is 0 Å². The highest BCUT2D eigenvalue weighted by Gasteiger charge is 1.98. The number of halogens is 1. The molecule has 0 aliphatic heterocycles. The highest BCUT2D eigenvalue weighted by atomic mass is 19.1. The molecule has 0 radical (unpaired) electrons. The van der Waals surface area contributed by atoms with Crippen molar-refractivity contribution in [2.24, 2.45) is 0 Å². The molecule has 0 aliphatic carbocycles. The quantitative estimate of drug-likeness (QED) is 0.561. The Labute approximate surface area is 88.4 Å². The molecular formula is C12H13FO2. The third kappa shape index (κ3) is 4.96. The standard InChI is InChI=1S/C12H13FO2/c1-10(14)15-12(13)9-5-8-11-6-3-2-4-7-11/h2-4,6-7,9H,5,8H2,1H3/b12-9+. The molecule has 0 amide bonds. The maximum atomic E-state index is 12.8. The predicted octanol–water partition coefficient (Wildman–Crippen LogP) is 2.99. The van der Waals surface area contributed by atoms with E-state index in [2.05, 4.69) is 4.74 Å². The molecule has 0 aromatic heterocycles. The second kappa shape index (κ2) is 5.96. The third-order valence-corrected chi connectivity index (χ3v) is 1.82. The molecule has 80 valence electrons. The Morgan fingerprint density at radius 3 is 2.67 bits per heavy atom. The maximum absolute atomic E-state index is 12.8. The molecule has 0 atom stereocenters. The molecule has 0 aliphatic rings. The van der Waals surface area contributed by atoms with Crippen molar-refractivity contribution < 1.29 is 13.9 Å². The Kier molecular flexibility index (Phi) is 4.54. The molecule has 1 rings (SSSR count). The Bertz CT molecular complexity index is 344. The van der Waals surface area contributed by atoms with Crippen molar-refractivity contribution in [2.75, 3.05) is 0 Å². The van der Waals surface area contributed by atoms with Crippen LogP contribution < -0.4 is 0 Å². The zero-order chi connectivity index (χ0) is 11.1. The van der Waals surface area contributed by atoms with Crippen LogP contribution in [0, 0.1) is 0 Å². The molecule has 0 fully saturated rings. The third-order valence-electron chi connectivity index (χ3n) is 1.82. The molecule has 0 N–H and O–H groups in total. The molecule has 2 nitrogen and oxygen atoms in total. The van der Waals surface area contributed by atoms with Crippen LogP contribution in [0.3, 0.4) is 0 Å². The number of carbonyl (C=O) groups is 1. The molecule has 15 heavy (non-hydrogen) atoms. The number of ether oxygens (including phenoxy) is 1. The van der Waals surface area contributed by atoms with Gasteiger partial charge >= 0.3 is 5.97 Å². The van der Waals surface area contributed by atoms with E-state index < -0.39 is 12.0 Å². The zero-order valence-corrected chi connectivity index (χ0v) is 8.57. The first-order valence-corrected chi connectivity index (χ1v) is 4.76. The van der Waals surface area contributed by atoms with Crippen molar-refractivity contribution in [2.45, 2.75) is 19.8 Å². The number of benzene rings is 1. The average molecular weight is 208 g/mol. The molecule has 1 aromatic rings. The number of esters is 1. The second-order valence-corrected chi connectivity index (χ2v) is 3.13. The van der Waals surface area contributed by atoms with Crippen molar-refractivity contribution in [3.63, 3.8) is 0 Å². The number of aryl methyl sites for hydroxylation is 1. The lowest BCUT2D eigenvalue weighted by atomic mass is 10.1. The van der Waals surface area contributed by atoms with E-state index in [9.17, 15) is 9.18 Å². The van der Waals surface area contributed by atoms with Crippen LogP contribution in [0.2, 0.25) is 0 Å². The summed E-state index contributed by atoms with van der Waals surface area (Å²) in [6, 6.07) is 8.91. The zero-order valence-electron chi connectivity index (χ0n) is 8.57. The minimum Gasteiger partial charge on any atom is -0.399 e. The van der Waals surface area contributed by atoms with E-state index in [4.69, 9.17) is 0 Å². The van der Waals surface area contributed by atoms with E-state index >= 15 is 0 Å². The van der Waals surface area contributed by atoms with Crippen molar-refractivity contribution in [3.05, 3.63) is 48.0 Å². The van der Waals surface area contributed by atoms with Gasteiger partial charge in [0, 0.05) is 6.92 Å². The molecule has 1 aromatic carbocycles. The van der Waals surface area contributed by atoms with Crippen LogP contribution in [0.5, 0.6) is 0 Å². The summed E-state index contributed by atoms with van der Waals surface area (Å²) in [6.07, 6.45) is 2.52. The van der Waals surface area contributed by atoms with Gasteiger partial charge in [0.1, 0.15) is 0 Å². The second-order valence-electron chi connectivity index (χ2n) is 3.13. The summed E-state index contributed by atoms with van der Waals surface area (Å²) >= 11 is 0. The topological polar surface area (TPSA) is 26.3 Å². The van der Waals surface area contributed by atoms with E-state index in [1.165, 1.54) is 13.0 Å². The lowest BCUT2D eigenvalue weighted by Crippen LogP contribution is -1.95. The van der Waals surface area contributed by atoms with Gasteiger partial charge in [-0.1, -0.05) is 30.3 Å². The van der Waals surface area contributed by atoms with Crippen molar-refractivity contribution in [1.29, 1.82) is 0 Å². The number of rotatable bonds is 4. The summed E-state index contributed by atoms with van der Waals surface area (Å²) in [5.74, 6) is -0.636. The number of carbonyl (C=O) groups excluding carboxylic acids is 1. The number of allylic oxidation sites excluding steroid dienone is 1. The average Bonchev–Trinajstić information content (AvgIpc) is 2.18. The molecule has 0 bridgehead atoms. The molecular weight excluding hydrogens is 195 g/mol. The van der Waals surface area contributed by atoms with E-state index in [0.29, 0.717) is 6.42 Å². The van der Waals surface area contributed by atoms with Gasteiger partial charge in [0.15, 0.2) is 0 Å². The SMILES string of the molecule is CC(=O)O/C(F)=C/CCc1ccccc1. The highest BCUT2D eigenvalue weighted by molar-refractivity contribution is 5.66.